The summed E-state index contributed by atoms with van der Waals surface area (Å²) < 4.78 is 5.07. The molecule has 0 spiro atoms. The van der Waals surface area contributed by atoms with Gasteiger partial charge in [0.1, 0.15) is 0 Å². The topological polar surface area (TPSA) is 74.7 Å². The molecule has 0 fully saturated rings. The molecule has 0 aliphatic heterocycles. The standard InChI is InChI=1S/C15H12N4O/c1-10-18-15(20-19-10)9-17-14-7-6-11(8-16)12-4-2-3-5-13(12)14/h2-7,17H,9H2,1H3. The molecule has 0 atom stereocenters. The van der Waals surface area contributed by atoms with Gasteiger partial charge in [0.2, 0.25) is 5.89 Å². The van der Waals surface area contributed by atoms with E-state index in [9.17, 15) is 0 Å². The van der Waals surface area contributed by atoms with E-state index in [2.05, 4.69) is 21.5 Å². The third-order valence-electron chi connectivity index (χ3n) is 3.04. The summed E-state index contributed by atoms with van der Waals surface area (Å²) in [5.41, 5.74) is 1.61. The van der Waals surface area contributed by atoms with E-state index in [0.717, 1.165) is 16.5 Å². The number of aromatic nitrogens is 2. The first kappa shape index (κ1) is 12.2. The lowest BCUT2D eigenvalue weighted by atomic mass is 10.0. The van der Waals surface area contributed by atoms with Crippen LogP contribution in [0.3, 0.4) is 0 Å². The number of rotatable bonds is 3. The molecule has 3 aromatic rings. The molecule has 0 aliphatic carbocycles. The Hall–Kier alpha value is -2.87. The number of nitrogens with zero attached hydrogens (tertiary/aromatic N) is 3. The van der Waals surface area contributed by atoms with Crippen molar-refractivity contribution in [1.82, 2.24) is 10.1 Å². The van der Waals surface area contributed by atoms with Crippen LogP contribution in [0, 0.1) is 18.3 Å². The van der Waals surface area contributed by atoms with Crippen LogP contribution in [0.25, 0.3) is 10.8 Å². The molecule has 1 aromatic heterocycles. The second kappa shape index (κ2) is 5.02. The molecule has 5 heteroatoms. The second-order valence-corrected chi connectivity index (χ2v) is 4.41. The Morgan fingerprint density at radius 3 is 2.70 bits per heavy atom. The third-order valence-corrected chi connectivity index (χ3v) is 3.04. The number of hydrogen-bond donors (Lipinski definition) is 1. The zero-order valence-electron chi connectivity index (χ0n) is 10.9. The highest BCUT2D eigenvalue weighted by atomic mass is 16.5. The molecule has 0 saturated heterocycles. The van der Waals surface area contributed by atoms with Crippen LogP contribution in [0.2, 0.25) is 0 Å². The molecule has 2 aromatic carbocycles. The van der Waals surface area contributed by atoms with E-state index in [0.29, 0.717) is 23.8 Å². The van der Waals surface area contributed by atoms with Gasteiger partial charge in [-0.3, -0.25) is 0 Å². The zero-order valence-corrected chi connectivity index (χ0v) is 10.9. The average molecular weight is 264 g/mol. The molecule has 0 bridgehead atoms. The predicted molar refractivity (Wildman–Crippen MR) is 75.0 cm³/mol. The molecular weight excluding hydrogens is 252 g/mol. The summed E-state index contributed by atoms with van der Waals surface area (Å²) in [6.07, 6.45) is 0. The zero-order chi connectivity index (χ0) is 13.9. The van der Waals surface area contributed by atoms with Gasteiger partial charge >= 0.3 is 0 Å². The summed E-state index contributed by atoms with van der Waals surface area (Å²) in [4.78, 5) is 4.15. The quantitative estimate of drug-likeness (QED) is 0.787. The van der Waals surface area contributed by atoms with Gasteiger partial charge in [-0.2, -0.15) is 10.2 Å². The Balaban J connectivity index is 1.94. The van der Waals surface area contributed by atoms with Crippen molar-refractivity contribution in [1.29, 1.82) is 5.26 Å². The molecule has 0 radical (unpaired) electrons. The minimum absolute atomic E-state index is 0.455. The van der Waals surface area contributed by atoms with Crippen molar-refractivity contribution in [2.75, 3.05) is 5.32 Å². The molecule has 5 nitrogen and oxygen atoms in total. The molecule has 3 rings (SSSR count). The first-order valence-electron chi connectivity index (χ1n) is 6.23. The molecule has 1 heterocycles. The fraction of sp³-hybridized carbons (Fsp3) is 0.133. The second-order valence-electron chi connectivity index (χ2n) is 4.41. The number of anilines is 1. The highest BCUT2D eigenvalue weighted by Crippen LogP contribution is 2.26. The van der Waals surface area contributed by atoms with E-state index in [1.165, 1.54) is 0 Å². The van der Waals surface area contributed by atoms with Crippen molar-refractivity contribution in [2.45, 2.75) is 13.5 Å². The van der Waals surface area contributed by atoms with Crippen molar-refractivity contribution in [3.05, 3.63) is 53.7 Å². The van der Waals surface area contributed by atoms with Gasteiger partial charge in [-0.25, -0.2) is 0 Å². The Morgan fingerprint density at radius 2 is 2.00 bits per heavy atom. The van der Waals surface area contributed by atoms with Crippen LogP contribution in [-0.2, 0) is 6.54 Å². The van der Waals surface area contributed by atoms with Gasteiger partial charge in [-0.05, 0) is 19.1 Å². The summed E-state index contributed by atoms with van der Waals surface area (Å²) in [5, 5.41) is 18.1. The van der Waals surface area contributed by atoms with E-state index in [1.807, 2.05) is 36.4 Å². The summed E-state index contributed by atoms with van der Waals surface area (Å²) >= 11 is 0. The van der Waals surface area contributed by atoms with Crippen molar-refractivity contribution in [2.24, 2.45) is 0 Å². The van der Waals surface area contributed by atoms with Gasteiger partial charge in [-0.15, -0.1) is 0 Å². The molecular formula is C15H12N4O. The Labute approximate surface area is 115 Å². The van der Waals surface area contributed by atoms with Crippen LogP contribution >= 0.6 is 0 Å². The average Bonchev–Trinajstić information content (AvgIpc) is 2.90. The molecule has 0 saturated carbocycles. The Bertz CT molecular complexity index is 801. The highest BCUT2D eigenvalue weighted by molar-refractivity contribution is 5.97. The fourth-order valence-corrected chi connectivity index (χ4v) is 2.13. The maximum atomic E-state index is 9.13. The van der Waals surface area contributed by atoms with Gasteiger partial charge in [0.05, 0.1) is 18.2 Å². The molecule has 98 valence electrons. The number of aryl methyl sites for hydroxylation is 1. The third kappa shape index (κ3) is 2.19. The number of hydrogen-bond acceptors (Lipinski definition) is 5. The maximum Gasteiger partial charge on any atom is 0.245 e. The van der Waals surface area contributed by atoms with Crippen LogP contribution in [0.4, 0.5) is 5.69 Å². The molecule has 0 amide bonds. The maximum absolute atomic E-state index is 9.13. The van der Waals surface area contributed by atoms with Gasteiger partial charge < -0.3 is 9.84 Å². The van der Waals surface area contributed by atoms with Crippen LogP contribution in [0.5, 0.6) is 0 Å². The molecule has 1 N–H and O–H groups in total. The summed E-state index contributed by atoms with van der Waals surface area (Å²) in [6.45, 7) is 2.24. The first-order valence-corrected chi connectivity index (χ1v) is 6.23. The lowest BCUT2D eigenvalue weighted by Gasteiger charge is -2.09. The first-order chi connectivity index (χ1) is 9.78. The van der Waals surface area contributed by atoms with Gasteiger partial charge in [0.15, 0.2) is 5.82 Å². The van der Waals surface area contributed by atoms with Gasteiger partial charge in [0.25, 0.3) is 0 Å². The van der Waals surface area contributed by atoms with E-state index >= 15 is 0 Å². The predicted octanol–water partition coefficient (Wildman–Crippen LogP) is 3.02. The van der Waals surface area contributed by atoms with Crippen molar-refractivity contribution < 1.29 is 4.52 Å². The molecule has 0 unspecified atom stereocenters. The smallest absolute Gasteiger partial charge is 0.245 e. The number of benzene rings is 2. The summed E-state index contributed by atoms with van der Waals surface area (Å²) in [5.74, 6) is 1.16. The summed E-state index contributed by atoms with van der Waals surface area (Å²) in [7, 11) is 0. The lowest BCUT2D eigenvalue weighted by molar-refractivity contribution is 0.379. The lowest BCUT2D eigenvalue weighted by Crippen LogP contribution is -2.00. The number of nitrogens with one attached hydrogen (secondary N) is 1. The van der Waals surface area contributed by atoms with E-state index in [1.54, 1.807) is 6.92 Å². The molecule has 20 heavy (non-hydrogen) atoms. The van der Waals surface area contributed by atoms with Gasteiger partial charge in [0, 0.05) is 16.5 Å². The normalized spacial score (nSPS) is 10.4. The Morgan fingerprint density at radius 1 is 1.20 bits per heavy atom. The van der Waals surface area contributed by atoms with Crippen LogP contribution in [0.15, 0.2) is 40.9 Å². The van der Waals surface area contributed by atoms with Crippen LogP contribution in [0.1, 0.15) is 17.3 Å². The van der Waals surface area contributed by atoms with Gasteiger partial charge in [-0.1, -0.05) is 29.4 Å². The summed E-state index contributed by atoms with van der Waals surface area (Å²) in [6, 6.07) is 13.7. The van der Waals surface area contributed by atoms with Crippen molar-refractivity contribution >= 4 is 16.5 Å². The largest absolute Gasteiger partial charge is 0.376 e. The highest BCUT2D eigenvalue weighted by Gasteiger charge is 2.07. The van der Waals surface area contributed by atoms with Crippen LogP contribution in [-0.4, -0.2) is 10.1 Å². The van der Waals surface area contributed by atoms with Crippen molar-refractivity contribution in [3.63, 3.8) is 0 Å². The van der Waals surface area contributed by atoms with Crippen molar-refractivity contribution in [3.8, 4) is 6.07 Å². The van der Waals surface area contributed by atoms with Crippen LogP contribution < -0.4 is 5.32 Å². The fourth-order valence-electron chi connectivity index (χ4n) is 2.13. The number of nitriles is 1. The minimum Gasteiger partial charge on any atom is -0.376 e. The van der Waals surface area contributed by atoms with E-state index in [-0.39, 0.29) is 0 Å². The monoisotopic (exact) mass is 264 g/mol. The minimum atomic E-state index is 0.455. The van der Waals surface area contributed by atoms with E-state index < -0.39 is 0 Å². The SMILES string of the molecule is Cc1noc(CNc2ccc(C#N)c3ccccc23)n1. The Kier molecular flexibility index (Phi) is 3.05. The molecule has 0 aliphatic rings. The number of fused-ring (bicyclic) bond motifs is 1. The van der Waals surface area contributed by atoms with E-state index in [4.69, 9.17) is 9.78 Å².